The van der Waals surface area contributed by atoms with Crippen molar-refractivity contribution >= 4 is 27.7 Å². The van der Waals surface area contributed by atoms with Crippen LogP contribution in [-0.2, 0) is 43.9 Å². The van der Waals surface area contributed by atoms with E-state index in [4.69, 9.17) is 9.47 Å². The lowest BCUT2D eigenvalue weighted by Crippen LogP contribution is -2.47. The third-order valence-corrected chi connectivity index (χ3v) is 12.3. The molecule has 4 unspecified atom stereocenters. The molecule has 1 fully saturated rings. The quantitative estimate of drug-likeness (QED) is 0.0891. The summed E-state index contributed by atoms with van der Waals surface area (Å²) >= 11 is 1.65. The molecule has 0 bridgehead atoms. The van der Waals surface area contributed by atoms with Crippen molar-refractivity contribution < 1.29 is 27.8 Å². The molecule has 2 heterocycles. The number of carbonyl (C=O) groups is 1. The van der Waals surface area contributed by atoms with Gasteiger partial charge in [0.1, 0.15) is 6.04 Å². The van der Waals surface area contributed by atoms with Crippen molar-refractivity contribution in [3.63, 3.8) is 0 Å². The summed E-state index contributed by atoms with van der Waals surface area (Å²) in [4.78, 5) is 18.3. The topological polar surface area (TPSA) is 127 Å². The summed E-state index contributed by atoms with van der Waals surface area (Å²) in [6, 6.07) is 44.6. The first-order valence-electron chi connectivity index (χ1n) is 18.9. The highest BCUT2D eigenvalue weighted by molar-refractivity contribution is 7.99. The maximum atomic E-state index is 13.7. The van der Waals surface area contributed by atoms with Crippen molar-refractivity contribution in [2.45, 2.75) is 67.4 Å². The zero-order valence-corrected chi connectivity index (χ0v) is 33.2. The van der Waals surface area contributed by atoms with Crippen LogP contribution in [-0.4, -0.2) is 42.3 Å². The molecular formula is C46H45N3O6S2. The van der Waals surface area contributed by atoms with Gasteiger partial charge in [-0.25, -0.2) is 13.4 Å². The number of nitrogens with one attached hydrogen (secondary N) is 2. The Morgan fingerprint density at radius 2 is 1.51 bits per heavy atom. The third kappa shape index (κ3) is 10.8. The summed E-state index contributed by atoms with van der Waals surface area (Å²) in [5, 5.41) is 13.5. The minimum Gasteiger partial charge on any atom is -0.392 e. The lowest BCUT2D eigenvalue weighted by atomic mass is 9.99. The molecule has 57 heavy (non-hydrogen) atoms. The number of carbonyl (C=O) groups excluding carboxylic acids is 1. The second kappa shape index (κ2) is 18.9. The zero-order valence-electron chi connectivity index (χ0n) is 31.5. The summed E-state index contributed by atoms with van der Waals surface area (Å²) in [6.45, 7) is 2.06. The Morgan fingerprint density at radius 3 is 2.25 bits per heavy atom. The van der Waals surface area contributed by atoms with E-state index >= 15 is 0 Å². The van der Waals surface area contributed by atoms with Crippen molar-refractivity contribution in [1.82, 2.24) is 15.0 Å². The van der Waals surface area contributed by atoms with E-state index in [-0.39, 0.29) is 36.7 Å². The number of hydrogen-bond acceptors (Lipinski definition) is 8. The SMILES string of the molecule is Cc1ccc(S(=O)(=O)NC(Cc2ccccc2)C(=O)NCc2cccc(-c3cccc(C4OC(CSc5ccccn5)CC(c5ccc(CO)cc5)O4)c3)c2)cc1. The molecule has 292 valence electrons. The molecule has 1 aliphatic heterocycles. The highest BCUT2D eigenvalue weighted by atomic mass is 32.2. The Hall–Kier alpha value is -5.14. The molecule has 0 radical (unpaired) electrons. The molecule has 11 heteroatoms. The first-order chi connectivity index (χ1) is 27.7. The fraction of sp³-hybridized carbons (Fsp3) is 0.217. The number of ether oxygens (including phenoxy) is 2. The molecule has 3 N–H and O–H groups in total. The van der Waals surface area contributed by atoms with Crippen molar-refractivity contribution in [3.05, 3.63) is 185 Å². The van der Waals surface area contributed by atoms with Crippen LogP contribution in [0.2, 0.25) is 0 Å². The monoisotopic (exact) mass is 799 g/mol. The lowest BCUT2D eigenvalue weighted by molar-refractivity contribution is -0.245. The Bertz CT molecular complexity index is 2340. The second-order valence-electron chi connectivity index (χ2n) is 14.0. The van der Waals surface area contributed by atoms with E-state index in [0.29, 0.717) is 12.2 Å². The number of thioether (sulfide) groups is 1. The fourth-order valence-electron chi connectivity index (χ4n) is 6.68. The van der Waals surface area contributed by atoms with Gasteiger partial charge in [0.2, 0.25) is 15.9 Å². The molecule has 9 nitrogen and oxygen atoms in total. The molecule has 5 aromatic carbocycles. The number of aliphatic hydroxyl groups excluding tert-OH is 1. The molecule has 1 saturated heterocycles. The van der Waals surface area contributed by atoms with Gasteiger partial charge in [-0.05, 0) is 83.1 Å². The molecule has 4 atom stereocenters. The minimum atomic E-state index is -3.97. The van der Waals surface area contributed by atoms with Crippen LogP contribution in [0.3, 0.4) is 0 Å². The average Bonchev–Trinajstić information content (AvgIpc) is 3.25. The number of pyridine rings is 1. The van der Waals surface area contributed by atoms with E-state index in [1.807, 2.05) is 122 Å². The van der Waals surface area contributed by atoms with Crippen LogP contribution in [0.15, 0.2) is 162 Å². The summed E-state index contributed by atoms with van der Waals surface area (Å²) in [6.07, 6.45) is 1.70. The van der Waals surface area contributed by atoms with Crippen LogP contribution in [0.1, 0.15) is 52.2 Å². The number of aliphatic hydroxyl groups is 1. The first-order valence-corrected chi connectivity index (χ1v) is 21.3. The maximum Gasteiger partial charge on any atom is 0.241 e. The van der Waals surface area contributed by atoms with Gasteiger partial charge in [-0.3, -0.25) is 4.79 Å². The van der Waals surface area contributed by atoms with Gasteiger partial charge < -0.3 is 19.9 Å². The molecule has 1 aromatic heterocycles. The summed E-state index contributed by atoms with van der Waals surface area (Å²) in [5.74, 6) is 0.277. The molecule has 7 rings (SSSR count). The normalized spacial score (nSPS) is 17.5. The maximum absolute atomic E-state index is 13.7. The van der Waals surface area contributed by atoms with E-state index < -0.39 is 28.3 Å². The van der Waals surface area contributed by atoms with Crippen LogP contribution in [0.4, 0.5) is 0 Å². The summed E-state index contributed by atoms with van der Waals surface area (Å²) in [7, 11) is -3.97. The minimum absolute atomic E-state index is 0.0217. The largest absolute Gasteiger partial charge is 0.392 e. The van der Waals surface area contributed by atoms with Crippen LogP contribution in [0.5, 0.6) is 0 Å². The van der Waals surface area contributed by atoms with Crippen LogP contribution < -0.4 is 10.0 Å². The number of aromatic nitrogens is 1. The number of nitrogens with zero attached hydrogens (tertiary/aromatic N) is 1. The van der Waals surface area contributed by atoms with Crippen LogP contribution in [0.25, 0.3) is 11.1 Å². The van der Waals surface area contributed by atoms with Crippen molar-refractivity contribution in [3.8, 4) is 11.1 Å². The van der Waals surface area contributed by atoms with E-state index in [2.05, 4.69) is 21.1 Å². The van der Waals surface area contributed by atoms with Crippen molar-refractivity contribution in [2.24, 2.45) is 0 Å². The lowest BCUT2D eigenvalue weighted by Gasteiger charge is -2.36. The van der Waals surface area contributed by atoms with Gasteiger partial charge in [-0.2, -0.15) is 4.72 Å². The number of amides is 1. The Morgan fingerprint density at radius 1 is 0.789 bits per heavy atom. The number of rotatable bonds is 15. The van der Waals surface area contributed by atoms with Gasteiger partial charge >= 0.3 is 0 Å². The van der Waals surface area contributed by atoms with Crippen molar-refractivity contribution in [1.29, 1.82) is 0 Å². The number of aryl methyl sites for hydroxylation is 1. The van der Waals surface area contributed by atoms with E-state index in [1.54, 1.807) is 42.2 Å². The Kier molecular flexibility index (Phi) is 13.3. The summed E-state index contributed by atoms with van der Waals surface area (Å²) < 4.78 is 42.6. The molecule has 1 amide bonds. The highest BCUT2D eigenvalue weighted by Crippen LogP contribution is 2.40. The molecule has 0 saturated carbocycles. The van der Waals surface area contributed by atoms with Crippen LogP contribution in [0, 0.1) is 6.92 Å². The van der Waals surface area contributed by atoms with Gasteiger partial charge in [-0.1, -0.05) is 115 Å². The number of benzene rings is 5. The highest BCUT2D eigenvalue weighted by Gasteiger charge is 2.33. The zero-order chi connectivity index (χ0) is 39.6. The van der Waals surface area contributed by atoms with Crippen LogP contribution >= 0.6 is 11.8 Å². The fourth-order valence-corrected chi connectivity index (χ4v) is 8.76. The smallest absolute Gasteiger partial charge is 0.241 e. The number of hydrogen-bond donors (Lipinski definition) is 3. The molecule has 0 aliphatic carbocycles. The van der Waals surface area contributed by atoms with E-state index in [1.165, 1.54) is 0 Å². The van der Waals surface area contributed by atoms with Crippen molar-refractivity contribution in [2.75, 3.05) is 5.75 Å². The third-order valence-electron chi connectivity index (χ3n) is 9.78. The molecule has 0 spiro atoms. The first kappa shape index (κ1) is 40.1. The Balaban J connectivity index is 1.06. The second-order valence-corrected chi connectivity index (χ2v) is 16.8. The predicted octanol–water partition coefficient (Wildman–Crippen LogP) is 8.09. The predicted molar refractivity (Wildman–Crippen MR) is 223 cm³/mol. The van der Waals surface area contributed by atoms with E-state index in [9.17, 15) is 18.3 Å². The summed E-state index contributed by atoms with van der Waals surface area (Å²) in [5.41, 5.74) is 7.26. The molecular weight excluding hydrogens is 755 g/mol. The standard InChI is InChI=1S/C46H45N3O6S2/c1-32-16-22-41(23-17-32)57(52,53)49-42(26-33-9-3-2-4-10-33)45(51)48-29-35-11-7-12-37(25-35)38-13-8-14-39(27-38)46-54-40(31-56-44-15-5-6-24-47-44)28-43(55-46)36-20-18-34(30-50)19-21-36/h2-25,27,40,42-43,46,49-50H,26,28-31H2,1H3,(H,48,51). The van der Waals surface area contributed by atoms with Gasteiger partial charge in [0.25, 0.3) is 0 Å². The van der Waals surface area contributed by atoms with Gasteiger partial charge in [-0.15, -0.1) is 11.8 Å². The van der Waals surface area contributed by atoms with Gasteiger partial charge in [0, 0.05) is 30.5 Å². The average molecular weight is 800 g/mol. The van der Waals surface area contributed by atoms with Gasteiger partial charge in [0.15, 0.2) is 6.29 Å². The Labute approximate surface area is 338 Å². The molecule has 1 aliphatic rings. The number of sulfonamides is 1. The molecule has 6 aromatic rings. The van der Waals surface area contributed by atoms with E-state index in [0.717, 1.165) is 49.5 Å². The van der Waals surface area contributed by atoms with Gasteiger partial charge in [0.05, 0.1) is 28.7 Å².